The van der Waals surface area contributed by atoms with Crippen LogP contribution in [0.3, 0.4) is 0 Å². The van der Waals surface area contributed by atoms with E-state index in [0.717, 1.165) is 19.6 Å². The lowest BCUT2D eigenvalue weighted by molar-refractivity contribution is 0.400. The molecule has 0 bridgehead atoms. The van der Waals surface area contributed by atoms with E-state index in [1.165, 1.54) is 15.6 Å². The Bertz CT molecular complexity index is 310. The SMILES string of the molecule is Cc1ccc(CNCCN(C)C)cc1Br. The predicted octanol–water partition coefficient (Wildman–Crippen LogP) is 2.41. The van der Waals surface area contributed by atoms with Crippen LogP contribution in [0.5, 0.6) is 0 Å². The number of likely N-dealkylation sites (N-methyl/N-ethyl adjacent to an activating group) is 1. The van der Waals surface area contributed by atoms with Crippen molar-refractivity contribution < 1.29 is 0 Å². The average molecular weight is 271 g/mol. The number of hydrogen-bond acceptors (Lipinski definition) is 2. The maximum absolute atomic E-state index is 3.54. The first-order chi connectivity index (χ1) is 7.09. The molecule has 84 valence electrons. The lowest BCUT2D eigenvalue weighted by atomic mass is 10.1. The van der Waals surface area contributed by atoms with Crippen LogP contribution in [-0.2, 0) is 6.54 Å². The molecule has 0 amide bonds. The van der Waals surface area contributed by atoms with E-state index >= 15 is 0 Å². The normalized spacial score (nSPS) is 11.0. The maximum atomic E-state index is 3.54. The van der Waals surface area contributed by atoms with Crippen molar-refractivity contribution in [2.75, 3.05) is 27.2 Å². The van der Waals surface area contributed by atoms with Gasteiger partial charge in [0.15, 0.2) is 0 Å². The first-order valence-corrected chi connectivity index (χ1v) is 5.99. The fourth-order valence-electron chi connectivity index (χ4n) is 1.28. The Morgan fingerprint density at radius 3 is 2.67 bits per heavy atom. The van der Waals surface area contributed by atoms with Crippen LogP contribution in [0.2, 0.25) is 0 Å². The number of benzene rings is 1. The largest absolute Gasteiger partial charge is 0.311 e. The number of nitrogens with one attached hydrogen (secondary N) is 1. The highest BCUT2D eigenvalue weighted by Gasteiger charge is 1.97. The van der Waals surface area contributed by atoms with Crippen molar-refractivity contribution in [3.8, 4) is 0 Å². The van der Waals surface area contributed by atoms with E-state index in [4.69, 9.17) is 0 Å². The van der Waals surface area contributed by atoms with Gasteiger partial charge in [-0.15, -0.1) is 0 Å². The molecule has 1 rings (SSSR count). The summed E-state index contributed by atoms with van der Waals surface area (Å²) in [5, 5.41) is 3.42. The zero-order valence-corrected chi connectivity index (χ0v) is 11.3. The molecule has 0 aliphatic carbocycles. The van der Waals surface area contributed by atoms with Gasteiger partial charge in [0.25, 0.3) is 0 Å². The smallest absolute Gasteiger partial charge is 0.0207 e. The Morgan fingerprint density at radius 2 is 2.07 bits per heavy atom. The van der Waals surface area contributed by atoms with E-state index in [-0.39, 0.29) is 0 Å². The van der Waals surface area contributed by atoms with Gasteiger partial charge in [-0.1, -0.05) is 28.1 Å². The summed E-state index contributed by atoms with van der Waals surface area (Å²) in [6.45, 7) is 5.14. The molecule has 0 unspecified atom stereocenters. The Labute approximate surface area is 101 Å². The third kappa shape index (κ3) is 4.78. The van der Waals surface area contributed by atoms with E-state index in [9.17, 15) is 0 Å². The van der Waals surface area contributed by atoms with E-state index in [1.807, 2.05) is 0 Å². The first-order valence-electron chi connectivity index (χ1n) is 5.20. The Kier molecular flexibility index (Phi) is 5.29. The fraction of sp³-hybridized carbons (Fsp3) is 0.500. The van der Waals surface area contributed by atoms with Gasteiger partial charge < -0.3 is 10.2 Å². The molecular weight excluding hydrogens is 252 g/mol. The second-order valence-electron chi connectivity index (χ2n) is 4.06. The third-order valence-electron chi connectivity index (χ3n) is 2.30. The zero-order valence-electron chi connectivity index (χ0n) is 9.68. The van der Waals surface area contributed by atoms with Crippen molar-refractivity contribution in [2.45, 2.75) is 13.5 Å². The Balaban J connectivity index is 2.35. The van der Waals surface area contributed by atoms with Crippen LogP contribution in [0.4, 0.5) is 0 Å². The highest BCUT2D eigenvalue weighted by atomic mass is 79.9. The monoisotopic (exact) mass is 270 g/mol. The molecule has 2 nitrogen and oxygen atoms in total. The molecule has 0 heterocycles. The molecule has 0 aromatic heterocycles. The first kappa shape index (κ1) is 12.7. The zero-order chi connectivity index (χ0) is 11.3. The minimum absolute atomic E-state index is 0.937. The number of rotatable bonds is 5. The van der Waals surface area contributed by atoms with Gasteiger partial charge in [-0.2, -0.15) is 0 Å². The summed E-state index contributed by atoms with van der Waals surface area (Å²) in [5.41, 5.74) is 2.61. The van der Waals surface area contributed by atoms with Crippen molar-refractivity contribution in [2.24, 2.45) is 0 Å². The molecular formula is C12H19BrN2. The predicted molar refractivity (Wildman–Crippen MR) is 69.1 cm³/mol. The van der Waals surface area contributed by atoms with Gasteiger partial charge in [-0.3, -0.25) is 0 Å². The van der Waals surface area contributed by atoms with Crippen molar-refractivity contribution in [1.29, 1.82) is 0 Å². The fourth-order valence-corrected chi connectivity index (χ4v) is 1.71. The van der Waals surface area contributed by atoms with Crippen LogP contribution in [-0.4, -0.2) is 32.1 Å². The Hall–Kier alpha value is -0.380. The van der Waals surface area contributed by atoms with Gasteiger partial charge in [-0.05, 0) is 38.2 Å². The molecule has 0 fully saturated rings. The number of halogens is 1. The minimum Gasteiger partial charge on any atom is -0.311 e. The molecule has 3 heteroatoms. The second-order valence-corrected chi connectivity index (χ2v) is 4.92. The number of hydrogen-bond donors (Lipinski definition) is 1. The van der Waals surface area contributed by atoms with Crippen molar-refractivity contribution in [3.05, 3.63) is 33.8 Å². The third-order valence-corrected chi connectivity index (χ3v) is 3.16. The van der Waals surface area contributed by atoms with Crippen molar-refractivity contribution in [3.63, 3.8) is 0 Å². The van der Waals surface area contributed by atoms with E-state index in [1.54, 1.807) is 0 Å². The minimum atomic E-state index is 0.937. The van der Waals surface area contributed by atoms with Crippen LogP contribution in [0.15, 0.2) is 22.7 Å². The molecule has 0 saturated carbocycles. The maximum Gasteiger partial charge on any atom is 0.0207 e. The number of nitrogens with zero attached hydrogens (tertiary/aromatic N) is 1. The van der Waals surface area contributed by atoms with Gasteiger partial charge in [0.05, 0.1) is 0 Å². The highest BCUT2D eigenvalue weighted by Crippen LogP contribution is 2.17. The van der Waals surface area contributed by atoms with Crippen LogP contribution < -0.4 is 5.32 Å². The summed E-state index contributed by atoms with van der Waals surface area (Å²) >= 11 is 3.54. The van der Waals surface area contributed by atoms with Gasteiger partial charge >= 0.3 is 0 Å². The summed E-state index contributed by atoms with van der Waals surface area (Å²) in [6.07, 6.45) is 0. The molecule has 0 atom stereocenters. The summed E-state index contributed by atoms with van der Waals surface area (Å²) in [7, 11) is 4.17. The van der Waals surface area contributed by atoms with Gasteiger partial charge in [0.1, 0.15) is 0 Å². The number of aryl methyl sites for hydroxylation is 1. The molecule has 0 spiro atoms. The summed E-state index contributed by atoms with van der Waals surface area (Å²) in [5.74, 6) is 0. The van der Waals surface area contributed by atoms with E-state index < -0.39 is 0 Å². The van der Waals surface area contributed by atoms with E-state index in [0.29, 0.717) is 0 Å². The van der Waals surface area contributed by atoms with Crippen molar-refractivity contribution >= 4 is 15.9 Å². The quantitative estimate of drug-likeness (QED) is 0.827. The van der Waals surface area contributed by atoms with Crippen LogP contribution in [0.25, 0.3) is 0 Å². The topological polar surface area (TPSA) is 15.3 Å². The van der Waals surface area contributed by atoms with Gasteiger partial charge in [0, 0.05) is 24.1 Å². The van der Waals surface area contributed by atoms with Gasteiger partial charge in [-0.25, -0.2) is 0 Å². The standard InChI is InChI=1S/C12H19BrN2/c1-10-4-5-11(8-12(10)13)9-14-6-7-15(2)3/h4-5,8,14H,6-7,9H2,1-3H3. The summed E-state index contributed by atoms with van der Waals surface area (Å²) in [6, 6.07) is 6.49. The van der Waals surface area contributed by atoms with Crippen molar-refractivity contribution in [1.82, 2.24) is 10.2 Å². The molecule has 0 aliphatic rings. The molecule has 0 saturated heterocycles. The molecule has 1 N–H and O–H groups in total. The van der Waals surface area contributed by atoms with Crippen LogP contribution >= 0.6 is 15.9 Å². The lowest BCUT2D eigenvalue weighted by Crippen LogP contribution is -2.26. The molecule has 1 aromatic rings. The van der Waals surface area contributed by atoms with Crippen LogP contribution in [0.1, 0.15) is 11.1 Å². The van der Waals surface area contributed by atoms with Gasteiger partial charge in [0.2, 0.25) is 0 Å². The summed E-state index contributed by atoms with van der Waals surface area (Å²) < 4.78 is 1.19. The lowest BCUT2D eigenvalue weighted by Gasteiger charge is -2.10. The second kappa shape index (κ2) is 6.26. The average Bonchev–Trinajstić information content (AvgIpc) is 2.18. The van der Waals surface area contributed by atoms with Crippen LogP contribution in [0, 0.1) is 6.92 Å². The Morgan fingerprint density at radius 1 is 1.33 bits per heavy atom. The molecule has 1 aromatic carbocycles. The molecule has 0 radical (unpaired) electrons. The molecule has 0 aliphatic heterocycles. The molecule has 15 heavy (non-hydrogen) atoms. The van der Waals surface area contributed by atoms with E-state index in [2.05, 4.69) is 65.4 Å². The highest BCUT2D eigenvalue weighted by molar-refractivity contribution is 9.10. The summed E-state index contributed by atoms with van der Waals surface area (Å²) in [4.78, 5) is 2.18.